The summed E-state index contributed by atoms with van der Waals surface area (Å²) in [7, 11) is 1.31. The number of carbonyl (C=O) groups is 2. The molecular weight excluding hydrogens is 326 g/mol. The maximum absolute atomic E-state index is 12.0. The zero-order valence-electron chi connectivity index (χ0n) is 12.5. The van der Waals surface area contributed by atoms with Crippen molar-refractivity contribution in [2.24, 2.45) is 0 Å². The van der Waals surface area contributed by atoms with Crippen molar-refractivity contribution in [1.82, 2.24) is 9.78 Å². The van der Waals surface area contributed by atoms with Crippen LogP contribution in [-0.4, -0.2) is 28.8 Å². The van der Waals surface area contributed by atoms with Gasteiger partial charge in [0.1, 0.15) is 5.00 Å². The second-order valence-corrected chi connectivity index (χ2v) is 6.35. The predicted octanol–water partition coefficient (Wildman–Crippen LogP) is 3.03. The van der Waals surface area contributed by atoms with Crippen molar-refractivity contribution < 1.29 is 14.3 Å². The molecule has 2 aromatic rings. The van der Waals surface area contributed by atoms with Gasteiger partial charge in [0, 0.05) is 11.3 Å². The van der Waals surface area contributed by atoms with Gasteiger partial charge in [0.15, 0.2) is 0 Å². The van der Waals surface area contributed by atoms with Crippen LogP contribution in [0.3, 0.4) is 0 Å². The Morgan fingerprint density at radius 2 is 2.18 bits per heavy atom. The summed E-state index contributed by atoms with van der Waals surface area (Å²) in [4.78, 5) is 24.6. The van der Waals surface area contributed by atoms with E-state index in [4.69, 9.17) is 16.3 Å². The van der Waals surface area contributed by atoms with E-state index in [9.17, 15) is 9.59 Å². The van der Waals surface area contributed by atoms with Gasteiger partial charge in [-0.3, -0.25) is 9.48 Å². The molecule has 22 heavy (non-hydrogen) atoms. The number of carbonyl (C=O) groups excluding carboxylic acids is 2. The fourth-order valence-electron chi connectivity index (χ4n) is 1.91. The van der Waals surface area contributed by atoms with Crippen LogP contribution in [0.2, 0.25) is 5.02 Å². The normalized spacial score (nSPS) is 10.5. The number of anilines is 1. The van der Waals surface area contributed by atoms with Gasteiger partial charge in [-0.1, -0.05) is 11.6 Å². The number of methoxy groups -OCH3 is 1. The number of hydrogen-bond acceptors (Lipinski definition) is 5. The highest BCUT2D eigenvalue weighted by molar-refractivity contribution is 7.16. The smallest absolute Gasteiger partial charge is 0.340 e. The Balaban J connectivity index is 2.00. The van der Waals surface area contributed by atoms with Gasteiger partial charge in [-0.05, 0) is 19.9 Å². The second-order valence-electron chi connectivity index (χ2n) is 4.69. The molecule has 0 atom stereocenters. The number of nitrogens with one attached hydrogen (secondary N) is 1. The van der Waals surface area contributed by atoms with E-state index in [1.165, 1.54) is 18.4 Å². The van der Waals surface area contributed by atoms with Crippen LogP contribution in [0, 0.1) is 13.8 Å². The molecule has 0 unspecified atom stereocenters. The zero-order valence-corrected chi connectivity index (χ0v) is 14.0. The van der Waals surface area contributed by atoms with Crippen LogP contribution in [0.15, 0.2) is 12.3 Å². The van der Waals surface area contributed by atoms with E-state index in [1.807, 2.05) is 13.8 Å². The van der Waals surface area contributed by atoms with E-state index >= 15 is 0 Å². The summed E-state index contributed by atoms with van der Waals surface area (Å²) >= 11 is 7.25. The largest absolute Gasteiger partial charge is 0.465 e. The Bertz CT molecular complexity index is 708. The highest BCUT2D eigenvalue weighted by atomic mass is 35.5. The number of aryl methyl sites for hydroxylation is 2. The van der Waals surface area contributed by atoms with Gasteiger partial charge in [-0.2, -0.15) is 5.10 Å². The molecule has 0 fully saturated rings. The van der Waals surface area contributed by atoms with Crippen LogP contribution in [0.1, 0.15) is 27.3 Å². The first-order chi connectivity index (χ1) is 10.4. The molecule has 0 aliphatic rings. The molecule has 0 radical (unpaired) electrons. The predicted molar refractivity (Wildman–Crippen MR) is 85.6 cm³/mol. The maximum atomic E-state index is 12.0. The molecular formula is C14H16ClN3O3S. The highest BCUT2D eigenvalue weighted by Crippen LogP contribution is 2.28. The van der Waals surface area contributed by atoms with Crippen molar-refractivity contribution in [2.75, 3.05) is 12.4 Å². The third-order valence-electron chi connectivity index (χ3n) is 3.11. The first-order valence-electron chi connectivity index (χ1n) is 6.59. The minimum Gasteiger partial charge on any atom is -0.465 e. The molecule has 118 valence electrons. The van der Waals surface area contributed by atoms with Gasteiger partial charge in [-0.25, -0.2) is 4.79 Å². The number of rotatable bonds is 5. The molecule has 1 N–H and O–H groups in total. The van der Waals surface area contributed by atoms with E-state index in [-0.39, 0.29) is 12.3 Å². The monoisotopic (exact) mass is 341 g/mol. The number of hydrogen-bond donors (Lipinski definition) is 1. The van der Waals surface area contributed by atoms with Crippen LogP contribution in [0.5, 0.6) is 0 Å². The molecule has 0 aromatic carbocycles. The fraction of sp³-hybridized carbons (Fsp3) is 0.357. The van der Waals surface area contributed by atoms with Gasteiger partial charge in [0.05, 0.1) is 36.1 Å². The van der Waals surface area contributed by atoms with Crippen LogP contribution in [0.25, 0.3) is 0 Å². The van der Waals surface area contributed by atoms with Gasteiger partial charge in [-0.15, -0.1) is 11.3 Å². The zero-order chi connectivity index (χ0) is 16.3. The molecule has 6 nitrogen and oxygen atoms in total. The minimum atomic E-state index is -0.464. The molecule has 8 heteroatoms. The maximum Gasteiger partial charge on any atom is 0.340 e. The topological polar surface area (TPSA) is 73.2 Å². The average Bonchev–Trinajstić information content (AvgIpc) is 3.00. The van der Waals surface area contributed by atoms with E-state index < -0.39 is 5.97 Å². The van der Waals surface area contributed by atoms with Crippen LogP contribution >= 0.6 is 22.9 Å². The second kappa shape index (κ2) is 6.93. The molecule has 0 aliphatic heterocycles. The summed E-state index contributed by atoms with van der Waals surface area (Å²) in [5.74, 6) is -0.660. The Morgan fingerprint density at radius 1 is 1.45 bits per heavy atom. The van der Waals surface area contributed by atoms with Crippen molar-refractivity contribution in [1.29, 1.82) is 0 Å². The number of halogens is 1. The molecule has 0 aliphatic carbocycles. The lowest BCUT2D eigenvalue weighted by Gasteiger charge is -2.06. The van der Waals surface area contributed by atoms with Gasteiger partial charge < -0.3 is 10.1 Å². The highest BCUT2D eigenvalue weighted by Gasteiger charge is 2.17. The van der Waals surface area contributed by atoms with Gasteiger partial charge >= 0.3 is 5.97 Å². The molecule has 2 aromatic heterocycles. The quantitative estimate of drug-likeness (QED) is 0.848. The number of esters is 1. The summed E-state index contributed by atoms with van der Waals surface area (Å²) in [6.07, 6.45) is 1.78. The van der Waals surface area contributed by atoms with Crippen LogP contribution in [0.4, 0.5) is 5.00 Å². The molecule has 2 rings (SSSR count). The van der Waals surface area contributed by atoms with E-state index in [1.54, 1.807) is 16.9 Å². The minimum absolute atomic E-state index is 0.196. The molecule has 0 saturated heterocycles. The first kappa shape index (κ1) is 16.5. The Morgan fingerprint density at radius 3 is 2.77 bits per heavy atom. The summed E-state index contributed by atoms with van der Waals surface area (Å²) in [6.45, 7) is 4.12. The third kappa shape index (κ3) is 3.66. The van der Waals surface area contributed by atoms with Crippen molar-refractivity contribution in [2.45, 2.75) is 26.8 Å². The lowest BCUT2D eigenvalue weighted by Crippen LogP contribution is -2.16. The molecule has 1 amide bonds. The van der Waals surface area contributed by atoms with Crippen molar-refractivity contribution in [3.8, 4) is 0 Å². The fourth-order valence-corrected chi connectivity index (χ4v) is 2.97. The molecule has 2 heterocycles. The SMILES string of the molecule is COC(=O)c1cc(C)sc1NC(=O)CCn1ncc(Cl)c1C. The number of amides is 1. The summed E-state index contributed by atoms with van der Waals surface area (Å²) in [5, 5.41) is 7.91. The van der Waals surface area contributed by atoms with Gasteiger partial charge in [0.2, 0.25) is 5.91 Å². The molecule has 0 saturated carbocycles. The lowest BCUT2D eigenvalue weighted by atomic mass is 10.3. The number of thiophene rings is 1. The van der Waals surface area contributed by atoms with Crippen LogP contribution in [-0.2, 0) is 16.1 Å². The van der Waals surface area contributed by atoms with Gasteiger partial charge in [0.25, 0.3) is 0 Å². The summed E-state index contributed by atoms with van der Waals surface area (Å²) < 4.78 is 6.38. The van der Waals surface area contributed by atoms with Crippen LogP contribution < -0.4 is 5.32 Å². The molecule has 0 bridgehead atoms. The lowest BCUT2D eigenvalue weighted by molar-refractivity contribution is -0.116. The Kier molecular flexibility index (Phi) is 5.20. The molecule has 0 spiro atoms. The average molecular weight is 342 g/mol. The standard InChI is InChI=1S/C14H16ClN3O3S/c1-8-6-10(14(20)21-3)13(22-8)17-12(19)4-5-18-9(2)11(15)7-16-18/h6-7H,4-5H2,1-3H3,(H,17,19). The number of ether oxygens (including phenoxy) is 1. The third-order valence-corrected chi connectivity index (χ3v) is 4.44. The number of aromatic nitrogens is 2. The summed E-state index contributed by atoms with van der Waals surface area (Å²) in [5.41, 5.74) is 1.19. The van der Waals surface area contributed by atoms with E-state index in [0.717, 1.165) is 10.6 Å². The van der Waals surface area contributed by atoms with Crippen molar-refractivity contribution in [3.63, 3.8) is 0 Å². The van der Waals surface area contributed by atoms with E-state index in [2.05, 4.69) is 10.4 Å². The van der Waals surface area contributed by atoms with E-state index in [0.29, 0.717) is 22.1 Å². The Hall–Kier alpha value is -1.86. The summed E-state index contributed by atoms with van der Waals surface area (Å²) in [6, 6.07) is 1.70. The Labute approximate surface area is 137 Å². The first-order valence-corrected chi connectivity index (χ1v) is 7.78. The van der Waals surface area contributed by atoms with Crippen molar-refractivity contribution in [3.05, 3.63) is 33.4 Å². The van der Waals surface area contributed by atoms with Crippen molar-refractivity contribution >= 4 is 39.8 Å². The number of nitrogens with zero attached hydrogens (tertiary/aromatic N) is 2.